The molecule has 0 fully saturated rings. The summed E-state index contributed by atoms with van der Waals surface area (Å²) in [6, 6.07) is 19.4. The number of carbonyl (C=O) groups excluding carboxylic acids is 1. The number of amides is 1. The lowest BCUT2D eigenvalue weighted by Gasteiger charge is -2.26. The van der Waals surface area contributed by atoms with E-state index in [1.54, 1.807) is 18.2 Å². The van der Waals surface area contributed by atoms with Crippen LogP contribution in [0.1, 0.15) is 45.9 Å². The Bertz CT molecular complexity index is 1240. The summed E-state index contributed by atoms with van der Waals surface area (Å²) in [5.41, 5.74) is 3.85. The second-order valence-electron chi connectivity index (χ2n) is 7.68. The third-order valence-corrected chi connectivity index (χ3v) is 7.39. The second-order valence-corrected chi connectivity index (χ2v) is 9.74. The summed E-state index contributed by atoms with van der Waals surface area (Å²) < 4.78 is 28.5. The van der Waals surface area contributed by atoms with Crippen molar-refractivity contribution in [2.75, 3.05) is 4.72 Å². The first-order valence-electron chi connectivity index (χ1n) is 10.1. The Labute approximate surface area is 187 Å². The van der Waals surface area contributed by atoms with Crippen LogP contribution in [-0.4, -0.2) is 14.3 Å². The number of fused-ring (bicyclic) bond motifs is 1. The maximum absolute atomic E-state index is 13.0. The molecule has 0 saturated heterocycles. The van der Waals surface area contributed by atoms with E-state index < -0.39 is 10.0 Å². The molecule has 0 aliphatic heterocycles. The molecule has 5 nitrogen and oxygen atoms in total. The highest BCUT2D eigenvalue weighted by Gasteiger charge is 2.24. The summed E-state index contributed by atoms with van der Waals surface area (Å²) in [4.78, 5) is 12.8. The minimum Gasteiger partial charge on any atom is -0.345 e. The molecule has 0 bridgehead atoms. The van der Waals surface area contributed by atoms with E-state index in [1.807, 2.05) is 37.3 Å². The zero-order valence-corrected chi connectivity index (χ0v) is 18.6. The van der Waals surface area contributed by atoms with Crippen LogP contribution >= 0.6 is 11.6 Å². The number of nitrogens with one attached hydrogen (secondary N) is 2. The quantitative estimate of drug-likeness (QED) is 0.552. The molecule has 31 heavy (non-hydrogen) atoms. The summed E-state index contributed by atoms with van der Waals surface area (Å²) in [5, 5.41) is 3.11. The molecule has 0 spiro atoms. The van der Waals surface area contributed by atoms with Crippen LogP contribution in [0.3, 0.4) is 0 Å². The van der Waals surface area contributed by atoms with E-state index in [0.29, 0.717) is 5.69 Å². The number of aryl methyl sites for hydroxylation is 2. The second kappa shape index (κ2) is 8.73. The molecule has 0 unspecified atom stereocenters. The minimum atomic E-state index is -3.97. The number of para-hydroxylation sites is 1. The lowest BCUT2D eigenvalue weighted by atomic mass is 9.87. The first kappa shape index (κ1) is 21.4. The van der Waals surface area contributed by atoms with Crippen LogP contribution in [-0.2, 0) is 16.4 Å². The van der Waals surface area contributed by atoms with Crippen LogP contribution in [0.4, 0.5) is 5.69 Å². The van der Waals surface area contributed by atoms with E-state index in [4.69, 9.17) is 11.6 Å². The van der Waals surface area contributed by atoms with Gasteiger partial charge in [-0.2, -0.15) is 0 Å². The summed E-state index contributed by atoms with van der Waals surface area (Å²) in [6.45, 7) is 1.81. The van der Waals surface area contributed by atoms with Gasteiger partial charge in [0.25, 0.3) is 15.9 Å². The van der Waals surface area contributed by atoms with E-state index in [-0.39, 0.29) is 27.4 Å². The maximum Gasteiger partial charge on any atom is 0.263 e. The predicted octanol–water partition coefficient (Wildman–Crippen LogP) is 5.26. The molecule has 0 saturated carbocycles. The third kappa shape index (κ3) is 4.60. The van der Waals surface area contributed by atoms with Gasteiger partial charge in [0.15, 0.2) is 0 Å². The molecule has 1 atom stereocenters. The van der Waals surface area contributed by atoms with Gasteiger partial charge in [-0.3, -0.25) is 9.52 Å². The van der Waals surface area contributed by atoms with E-state index in [9.17, 15) is 13.2 Å². The number of sulfonamides is 1. The molecule has 0 aromatic heterocycles. The Morgan fingerprint density at radius 3 is 2.58 bits per heavy atom. The van der Waals surface area contributed by atoms with E-state index in [1.165, 1.54) is 17.7 Å². The Balaban J connectivity index is 1.59. The van der Waals surface area contributed by atoms with Gasteiger partial charge >= 0.3 is 0 Å². The molecule has 0 radical (unpaired) electrons. The average molecular weight is 455 g/mol. The lowest BCUT2D eigenvalue weighted by Crippen LogP contribution is -2.31. The molecule has 1 amide bonds. The smallest absolute Gasteiger partial charge is 0.263 e. The van der Waals surface area contributed by atoms with Crippen molar-refractivity contribution in [2.45, 2.75) is 37.1 Å². The SMILES string of the molecule is Cc1ccccc1NS(=O)(=O)c1cc(C(=O)N[C@H]2CCCc3ccccc32)ccc1Cl. The Morgan fingerprint density at radius 1 is 1.03 bits per heavy atom. The molecule has 3 aromatic rings. The first-order chi connectivity index (χ1) is 14.8. The van der Waals surface area contributed by atoms with E-state index in [2.05, 4.69) is 16.1 Å². The zero-order chi connectivity index (χ0) is 22.0. The average Bonchev–Trinajstić information content (AvgIpc) is 2.75. The standard InChI is InChI=1S/C24H23ClN2O3S/c1-16-7-2-5-11-21(16)27-31(29,30)23-15-18(13-14-20(23)25)24(28)26-22-12-6-9-17-8-3-4-10-19(17)22/h2-5,7-8,10-11,13-15,22,27H,6,9,12H2,1H3,(H,26,28)/t22-/m0/s1. The molecule has 1 aliphatic rings. The van der Waals surface area contributed by atoms with E-state index in [0.717, 1.165) is 30.4 Å². The molecule has 0 heterocycles. The van der Waals surface area contributed by atoms with E-state index >= 15 is 0 Å². The highest BCUT2D eigenvalue weighted by molar-refractivity contribution is 7.92. The summed E-state index contributed by atoms with van der Waals surface area (Å²) in [7, 11) is -3.97. The monoisotopic (exact) mass is 454 g/mol. The van der Waals surface area contributed by atoms with Gasteiger partial charge in [0.1, 0.15) is 4.90 Å². The van der Waals surface area contributed by atoms with Crippen LogP contribution in [0.5, 0.6) is 0 Å². The normalized spacial score (nSPS) is 15.7. The van der Waals surface area contributed by atoms with Crippen LogP contribution in [0.2, 0.25) is 5.02 Å². The molecule has 160 valence electrons. The number of hydrogen-bond donors (Lipinski definition) is 2. The van der Waals surface area contributed by atoms with Crippen molar-refractivity contribution in [2.24, 2.45) is 0 Å². The van der Waals surface area contributed by atoms with Crippen molar-refractivity contribution in [3.63, 3.8) is 0 Å². The van der Waals surface area contributed by atoms with Gasteiger partial charge in [0.2, 0.25) is 0 Å². The van der Waals surface area contributed by atoms with Gasteiger partial charge in [-0.15, -0.1) is 0 Å². The van der Waals surface area contributed by atoms with Gasteiger partial charge in [-0.05, 0) is 67.1 Å². The van der Waals surface area contributed by atoms with Crippen molar-refractivity contribution in [3.05, 3.63) is 94.0 Å². The lowest BCUT2D eigenvalue weighted by molar-refractivity contribution is 0.0932. The van der Waals surface area contributed by atoms with Crippen LogP contribution in [0.15, 0.2) is 71.6 Å². The molecule has 3 aromatic carbocycles. The Hall–Kier alpha value is -2.83. The fraction of sp³-hybridized carbons (Fsp3) is 0.208. The molecule has 4 rings (SSSR count). The van der Waals surface area contributed by atoms with Gasteiger partial charge in [0, 0.05) is 5.56 Å². The summed E-state index contributed by atoms with van der Waals surface area (Å²) in [5.74, 6) is -0.328. The van der Waals surface area contributed by atoms with Crippen LogP contribution in [0, 0.1) is 6.92 Å². The highest BCUT2D eigenvalue weighted by atomic mass is 35.5. The number of carbonyl (C=O) groups is 1. The molecule has 2 N–H and O–H groups in total. The van der Waals surface area contributed by atoms with Crippen LogP contribution in [0.25, 0.3) is 0 Å². The van der Waals surface area contributed by atoms with Gasteiger partial charge in [-0.25, -0.2) is 8.42 Å². The predicted molar refractivity (Wildman–Crippen MR) is 123 cm³/mol. The highest BCUT2D eigenvalue weighted by Crippen LogP contribution is 2.30. The third-order valence-electron chi connectivity index (χ3n) is 5.55. The Morgan fingerprint density at radius 2 is 1.77 bits per heavy atom. The van der Waals surface area contributed by atoms with Gasteiger partial charge in [-0.1, -0.05) is 54.1 Å². The molecule has 1 aliphatic carbocycles. The van der Waals surface area contributed by atoms with Crippen molar-refractivity contribution >= 4 is 33.2 Å². The summed E-state index contributed by atoms with van der Waals surface area (Å²) >= 11 is 6.20. The number of rotatable bonds is 5. The fourth-order valence-electron chi connectivity index (χ4n) is 3.88. The Kier molecular flexibility index (Phi) is 6.03. The minimum absolute atomic E-state index is 0.0562. The largest absolute Gasteiger partial charge is 0.345 e. The molecular weight excluding hydrogens is 432 g/mol. The van der Waals surface area contributed by atoms with Crippen molar-refractivity contribution in [1.82, 2.24) is 5.32 Å². The summed E-state index contributed by atoms with van der Waals surface area (Å²) in [6.07, 6.45) is 2.83. The van der Waals surface area contributed by atoms with Crippen molar-refractivity contribution < 1.29 is 13.2 Å². The zero-order valence-electron chi connectivity index (χ0n) is 17.1. The number of hydrogen-bond acceptors (Lipinski definition) is 3. The number of benzene rings is 3. The van der Waals surface area contributed by atoms with Crippen molar-refractivity contribution in [1.29, 1.82) is 0 Å². The fourth-order valence-corrected chi connectivity index (χ4v) is 5.54. The first-order valence-corrected chi connectivity index (χ1v) is 12.0. The maximum atomic E-state index is 13.0. The topological polar surface area (TPSA) is 75.3 Å². The van der Waals surface area contributed by atoms with Gasteiger partial charge < -0.3 is 5.32 Å². The van der Waals surface area contributed by atoms with Gasteiger partial charge in [0.05, 0.1) is 16.8 Å². The van der Waals surface area contributed by atoms with Crippen molar-refractivity contribution in [3.8, 4) is 0 Å². The van der Waals surface area contributed by atoms with Crippen LogP contribution < -0.4 is 10.0 Å². The number of halogens is 1. The number of anilines is 1. The molecule has 7 heteroatoms. The molecular formula is C24H23ClN2O3S.